The molecule has 0 N–H and O–H groups in total. The number of hydrogen-bond donors (Lipinski definition) is 0. The van der Waals surface area contributed by atoms with Crippen molar-refractivity contribution < 1.29 is 4.79 Å². The maximum absolute atomic E-state index is 10.4. The first-order valence-corrected chi connectivity index (χ1v) is 4.09. The highest BCUT2D eigenvalue weighted by Gasteiger charge is 2.27. The molecule has 58 valence electrons. The average molecular weight is 140 g/mol. The summed E-state index contributed by atoms with van der Waals surface area (Å²) in [7, 11) is 0. The Morgan fingerprint density at radius 2 is 2.20 bits per heavy atom. The molecule has 0 unspecified atom stereocenters. The predicted molar refractivity (Wildman–Crippen MR) is 41.8 cm³/mol. The molecule has 0 aromatic rings. The van der Waals surface area contributed by atoms with E-state index < -0.39 is 0 Å². The lowest BCUT2D eigenvalue weighted by Gasteiger charge is -2.32. The minimum atomic E-state index is 0.351. The van der Waals surface area contributed by atoms with E-state index in [1.165, 1.54) is 12.8 Å². The van der Waals surface area contributed by atoms with Crippen molar-refractivity contribution in [3.63, 3.8) is 0 Å². The van der Waals surface area contributed by atoms with Crippen LogP contribution in [0.15, 0.2) is 0 Å². The molecule has 1 aliphatic rings. The van der Waals surface area contributed by atoms with Gasteiger partial charge in [0.1, 0.15) is 6.29 Å². The van der Waals surface area contributed by atoms with Gasteiger partial charge in [-0.2, -0.15) is 0 Å². The summed E-state index contributed by atoms with van der Waals surface area (Å²) in [6.07, 6.45) is 5.86. The largest absolute Gasteiger partial charge is 0.303 e. The van der Waals surface area contributed by atoms with Gasteiger partial charge in [0.15, 0.2) is 0 Å². The SMILES string of the molecule is CC1(C)CCC[C@H](C=O)C1. The number of aldehydes is 1. The maximum Gasteiger partial charge on any atom is 0.123 e. The first kappa shape index (κ1) is 7.77. The van der Waals surface area contributed by atoms with Gasteiger partial charge in [0, 0.05) is 5.92 Å². The number of rotatable bonds is 1. The minimum Gasteiger partial charge on any atom is -0.303 e. The molecule has 1 atom stereocenters. The second kappa shape index (κ2) is 2.73. The summed E-state index contributed by atoms with van der Waals surface area (Å²) in [6.45, 7) is 4.51. The quantitative estimate of drug-likeness (QED) is 0.511. The lowest BCUT2D eigenvalue weighted by molar-refractivity contribution is -0.113. The summed E-state index contributed by atoms with van der Waals surface area (Å²) in [6, 6.07) is 0. The molecule has 0 bridgehead atoms. The Bertz CT molecular complexity index is 127. The molecule has 1 nitrogen and oxygen atoms in total. The molecule has 0 aromatic heterocycles. The molecule has 0 heterocycles. The second-order valence-electron chi connectivity index (χ2n) is 4.16. The first-order chi connectivity index (χ1) is 4.64. The van der Waals surface area contributed by atoms with Crippen LogP contribution < -0.4 is 0 Å². The van der Waals surface area contributed by atoms with Crippen LogP contribution in [0, 0.1) is 11.3 Å². The fourth-order valence-corrected chi connectivity index (χ4v) is 1.87. The molecule has 1 heteroatoms. The predicted octanol–water partition coefficient (Wildman–Crippen LogP) is 2.40. The minimum absolute atomic E-state index is 0.351. The standard InChI is InChI=1S/C9H16O/c1-9(2)5-3-4-8(6-9)7-10/h7-8H,3-6H2,1-2H3/t8-/m0/s1. The zero-order chi connectivity index (χ0) is 7.61. The molecule has 0 saturated heterocycles. The van der Waals surface area contributed by atoms with E-state index in [2.05, 4.69) is 13.8 Å². The normalized spacial score (nSPS) is 31.6. The summed E-state index contributed by atoms with van der Waals surface area (Å²) < 4.78 is 0. The maximum atomic E-state index is 10.4. The van der Waals surface area contributed by atoms with Crippen molar-refractivity contribution in [2.75, 3.05) is 0 Å². The van der Waals surface area contributed by atoms with Crippen molar-refractivity contribution in [2.24, 2.45) is 11.3 Å². The average Bonchev–Trinajstić information content (AvgIpc) is 1.86. The van der Waals surface area contributed by atoms with Gasteiger partial charge in [-0.25, -0.2) is 0 Å². The van der Waals surface area contributed by atoms with E-state index in [-0.39, 0.29) is 0 Å². The van der Waals surface area contributed by atoms with E-state index in [9.17, 15) is 4.79 Å². The van der Waals surface area contributed by atoms with Crippen molar-refractivity contribution in [1.82, 2.24) is 0 Å². The van der Waals surface area contributed by atoms with Crippen LogP contribution in [0.25, 0.3) is 0 Å². The van der Waals surface area contributed by atoms with Crippen LogP contribution >= 0.6 is 0 Å². The highest BCUT2D eigenvalue weighted by molar-refractivity contribution is 5.53. The van der Waals surface area contributed by atoms with Gasteiger partial charge in [0.05, 0.1) is 0 Å². The van der Waals surface area contributed by atoms with Gasteiger partial charge in [-0.3, -0.25) is 0 Å². The van der Waals surface area contributed by atoms with Crippen molar-refractivity contribution in [3.8, 4) is 0 Å². The number of hydrogen-bond acceptors (Lipinski definition) is 1. The topological polar surface area (TPSA) is 17.1 Å². The van der Waals surface area contributed by atoms with Crippen LogP contribution in [-0.2, 0) is 4.79 Å². The lowest BCUT2D eigenvalue weighted by Crippen LogP contribution is -2.23. The molecular formula is C9H16O. The van der Waals surface area contributed by atoms with Crippen molar-refractivity contribution in [2.45, 2.75) is 39.5 Å². The number of carbonyl (C=O) groups is 1. The highest BCUT2D eigenvalue weighted by atomic mass is 16.1. The van der Waals surface area contributed by atoms with E-state index in [0.717, 1.165) is 19.1 Å². The van der Waals surface area contributed by atoms with Gasteiger partial charge < -0.3 is 4.79 Å². The van der Waals surface area contributed by atoms with Crippen LogP contribution in [0.2, 0.25) is 0 Å². The molecule has 0 spiro atoms. The van der Waals surface area contributed by atoms with Crippen LogP contribution in [0.4, 0.5) is 0 Å². The summed E-state index contributed by atoms with van der Waals surface area (Å²) >= 11 is 0. The van der Waals surface area contributed by atoms with Crippen molar-refractivity contribution in [1.29, 1.82) is 0 Å². The van der Waals surface area contributed by atoms with E-state index >= 15 is 0 Å². The van der Waals surface area contributed by atoms with Gasteiger partial charge in [-0.1, -0.05) is 20.3 Å². The van der Waals surface area contributed by atoms with Crippen LogP contribution in [0.3, 0.4) is 0 Å². The molecular weight excluding hydrogens is 124 g/mol. The van der Waals surface area contributed by atoms with Gasteiger partial charge >= 0.3 is 0 Å². The third-order valence-corrected chi connectivity index (χ3v) is 2.44. The molecule has 1 aliphatic carbocycles. The van der Waals surface area contributed by atoms with E-state index in [0.29, 0.717) is 11.3 Å². The molecule has 0 radical (unpaired) electrons. The Labute approximate surface area is 62.8 Å². The molecule has 1 fully saturated rings. The highest BCUT2D eigenvalue weighted by Crippen LogP contribution is 2.37. The van der Waals surface area contributed by atoms with Gasteiger partial charge in [-0.15, -0.1) is 0 Å². The monoisotopic (exact) mass is 140 g/mol. The Hall–Kier alpha value is -0.330. The van der Waals surface area contributed by atoms with Gasteiger partial charge in [0.2, 0.25) is 0 Å². The zero-order valence-electron chi connectivity index (χ0n) is 6.89. The molecule has 0 aromatic carbocycles. The molecule has 0 aliphatic heterocycles. The molecule has 0 amide bonds. The Kier molecular flexibility index (Phi) is 2.12. The molecule has 1 rings (SSSR count). The summed E-state index contributed by atoms with van der Waals surface area (Å²) in [4.78, 5) is 10.4. The third kappa shape index (κ3) is 1.83. The van der Waals surface area contributed by atoms with Crippen LogP contribution in [0.5, 0.6) is 0 Å². The smallest absolute Gasteiger partial charge is 0.123 e. The Morgan fingerprint density at radius 1 is 1.50 bits per heavy atom. The number of carbonyl (C=O) groups excluding carboxylic acids is 1. The Balaban J connectivity index is 2.47. The van der Waals surface area contributed by atoms with Crippen molar-refractivity contribution >= 4 is 6.29 Å². The molecule has 1 saturated carbocycles. The summed E-state index contributed by atoms with van der Waals surface area (Å²) in [5, 5.41) is 0. The fourth-order valence-electron chi connectivity index (χ4n) is 1.87. The first-order valence-electron chi connectivity index (χ1n) is 4.09. The van der Waals surface area contributed by atoms with Crippen LogP contribution in [0.1, 0.15) is 39.5 Å². The van der Waals surface area contributed by atoms with E-state index in [1.54, 1.807) is 0 Å². The van der Waals surface area contributed by atoms with Crippen molar-refractivity contribution in [3.05, 3.63) is 0 Å². The fraction of sp³-hybridized carbons (Fsp3) is 0.889. The Morgan fingerprint density at radius 3 is 2.60 bits per heavy atom. The summed E-state index contributed by atoms with van der Waals surface area (Å²) in [5.41, 5.74) is 0.420. The zero-order valence-corrected chi connectivity index (χ0v) is 6.89. The van der Waals surface area contributed by atoms with Gasteiger partial charge in [0.25, 0.3) is 0 Å². The van der Waals surface area contributed by atoms with E-state index in [1.807, 2.05) is 0 Å². The molecule has 10 heavy (non-hydrogen) atoms. The van der Waals surface area contributed by atoms with E-state index in [4.69, 9.17) is 0 Å². The third-order valence-electron chi connectivity index (χ3n) is 2.44. The summed E-state index contributed by atoms with van der Waals surface area (Å²) in [5.74, 6) is 0.351. The lowest BCUT2D eigenvalue weighted by atomic mass is 9.73. The second-order valence-corrected chi connectivity index (χ2v) is 4.16. The van der Waals surface area contributed by atoms with Gasteiger partial charge in [-0.05, 0) is 24.7 Å². The van der Waals surface area contributed by atoms with Crippen LogP contribution in [-0.4, -0.2) is 6.29 Å².